The summed E-state index contributed by atoms with van der Waals surface area (Å²) in [7, 11) is 0. The lowest BCUT2D eigenvalue weighted by Crippen LogP contribution is -2.28. The zero-order valence-electron chi connectivity index (χ0n) is 15.4. The van der Waals surface area contributed by atoms with E-state index >= 15 is 0 Å². The molecule has 1 aromatic rings. The minimum absolute atomic E-state index is 0.0638. The highest BCUT2D eigenvalue weighted by Gasteiger charge is 2.32. The van der Waals surface area contributed by atoms with E-state index in [9.17, 15) is 14.4 Å². The topological polar surface area (TPSA) is 101 Å². The SMILES string of the molecule is CC(C)OC(=O)CCC(CCC(=O)O)(CCC(=O)O)Cc1ccccc1. The maximum atomic E-state index is 12.0. The molecule has 0 fully saturated rings. The minimum Gasteiger partial charge on any atom is -0.481 e. The lowest BCUT2D eigenvalue weighted by molar-refractivity contribution is -0.148. The maximum absolute atomic E-state index is 12.0. The maximum Gasteiger partial charge on any atom is 0.306 e. The summed E-state index contributed by atoms with van der Waals surface area (Å²) in [6, 6.07) is 9.54. The van der Waals surface area contributed by atoms with Crippen molar-refractivity contribution in [2.45, 2.75) is 64.9 Å². The van der Waals surface area contributed by atoms with Gasteiger partial charge in [-0.2, -0.15) is 0 Å². The van der Waals surface area contributed by atoms with Crippen LogP contribution >= 0.6 is 0 Å². The van der Waals surface area contributed by atoms with Gasteiger partial charge in [0.2, 0.25) is 0 Å². The van der Waals surface area contributed by atoms with Crippen molar-refractivity contribution in [2.75, 3.05) is 0 Å². The van der Waals surface area contributed by atoms with Crippen LogP contribution in [0.3, 0.4) is 0 Å². The van der Waals surface area contributed by atoms with Gasteiger partial charge in [-0.1, -0.05) is 30.3 Å². The third kappa shape index (κ3) is 8.65. The van der Waals surface area contributed by atoms with Gasteiger partial charge in [0.05, 0.1) is 6.10 Å². The molecule has 0 heterocycles. The molecule has 0 bridgehead atoms. The number of carbonyl (C=O) groups is 3. The van der Waals surface area contributed by atoms with Gasteiger partial charge in [-0.15, -0.1) is 0 Å². The fourth-order valence-electron chi connectivity index (χ4n) is 3.10. The molecule has 26 heavy (non-hydrogen) atoms. The molecule has 0 aliphatic rings. The number of benzene rings is 1. The first-order valence-electron chi connectivity index (χ1n) is 8.89. The number of carboxylic acid groups (broad SMARTS) is 2. The monoisotopic (exact) mass is 364 g/mol. The molecule has 0 spiro atoms. The highest BCUT2D eigenvalue weighted by molar-refractivity contribution is 5.70. The smallest absolute Gasteiger partial charge is 0.306 e. The molecule has 0 aliphatic heterocycles. The van der Waals surface area contributed by atoms with Gasteiger partial charge in [0.15, 0.2) is 0 Å². The van der Waals surface area contributed by atoms with Crippen LogP contribution < -0.4 is 0 Å². The summed E-state index contributed by atoms with van der Waals surface area (Å²) >= 11 is 0. The van der Waals surface area contributed by atoms with Crippen molar-refractivity contribution >= 4 is 17.9 Å². The van der Waals surface area contributed by atoms with Crippen LogP contribution in [0, 0.1) is 5.41 Å². The summed E-state index contributed by atoms with van der Waals surface area (Å²) in [5, 5.41) is 18.2. The van der Waals surface area contributed by atoms with Gasteiger partial charge in [-0.3, -0.25) is 14.4 Å². The van der Waals surface area contributed by atoms with Gasteiger partial charge in [0, 0.05) is 19.3 Å². The van der Waals surface area contributed by atoms with Crippen molar-refractivity contribution in [3.05, 3.63) is 35.9 Å². The first-order chi connectivity index (χ1) is 12.2. The molecule has 0 amide bonds. The second-order valence-electron chi connectivity index (χ2n) is 6.99. The second-order valence-corrected chi connectivity index (χ2v) is 6.99. The van der Waals surface area contributed by atoms with E-state index in [1.807, 2.05) is 30.3 Å². The Bertz CT molecular complexity index is 576. The first-order valence-corrected chi connectivity index (χ1v) is 8.89. The highest BCUT2D eigenvalue weighted by atomic mass is 16.5. The minimum atomic E-state index is -0.928. The number of carbonyl (C=O) groups excluding carboxylic acids is 1. The lowest BCUT2D eigenvalue weighted by atomic mass is 9.71. The van der Waals surface area contributed by atoms with Crippen molar-refractivity contribution in [3.63, 3.8) is 0 Å². The molecular formula is C20H28O6. The molecule has 6 heteroatoms. The molecule has 6 nitrogen and oxygen atoms in total. The third-order valence-electron chi connectivity index (χ3n) is 4.39. The van der Waals surface area contributed by atoms with E-state index < -0.39 is 17.4 Å². The van der Waals surface area contributed by atoms with Crippen LogP contribution in [-0.2, 0) is 25.5 Å². The van der Waals surface area contributed by atoms with Crippen molar-refractivity contribution in [2.24, 2.45) is 5.41 Å². The van der Waals surface area contributed by atoms with E-state index in [1.165, 1.54) is 0 Å². The Morgan fingerprint density at radius 1 is 0.923 bits per heavy atom. The number of hydrogen-bond donors (Lipinski definition) is 2. The van der Waals surface area contributed by atoms with Gasteiger partial charge in [-0.05, 0) is 50.5 Å². The normalized spacial score (nSPS) is 11.3. The van der Waals surface area contributed by atoms with E-state index in [0.717, 1.165) is 5.56 Å². The summed E-state index contributed by atoms with van der Waals surface area (Å²) in [5.41, 5.74) is 0.425. The van der Waals surface area contributed by atoms with Gasteiger partial charge >= 0.3 is 17.9 Å². The second kappa shape index (κ2) is 10.6. The molecule has 0 atom stereocenters. The quantitative estimate of drug-likeness (QED) is 0.549. The fourth-order valence-corrected chi connectivity index (χ4v) is 3.10. The van der Waals surface area contributed by atoms with Crippen LogP contribution in [0.4, 0.5) is 0 Å². The summed E-state index contributed by atoms with van der Waals surface area (Å²) in [6.45, 7) is 3.54. The van der Waals surface area contributed by atoms with Crippen LogP contribution in [0.25, 0.3) is 0 Å². The Morgan fingerprint density at radius 3 is 1.88 bits per heavy atom. The number of ether oxygens (including phenoxy) is 1. The van der Waals surface area contributed by atoms with E-state index in [-0.39, 0.29) is 31.3 Å². The van der Waals surface area contributed by atoms with Crippen LogP contribution in [0.5, 0.6) is 0 Å². The Morgan fingerprint density at radius 2 is 1.42 bits per heavy atom. The largest absolute Gasteiger partial charge is 0.481 e. The summed E-state index contributed by atoms with van der Waals surface area (Å²) < 4.78 is 5.18. The first kappa shape index (κ1) is 21.7. The Balaban J connectivity index is 2.99. The molecule has 0 aromatic heterocycles. The van der Waals surface area contributed by atoms with Crippen LogP contribution in [0.15, 0.2) is 30.3 Å². The van der Waals surface area contributed by atoms with Gasteiger partial charge in [-0.25, -0.2) is 0 Å². The van der Waals surface area contributed by atoms with Crippen LogP contribution in [0.2, 0.25) is 0 Å². The molecule has 0 saturated carbocycles. The summed E-state index contributed by atoms with van der Waals surface area (Å²) in [5.74, 6) is -2.20. The van der Waals surface area contributed by atoms with Crippen molar-refractivity contribution in [3.8, 4) is 0 Å². The molecular weight excluding hydrogens is 336 g/mol. The van der Waals surface area contributed by atoms with Crippen molar-refractivity contribution in [1.82, 2.24) is 0 Å². The third-order valence-corrected chi connectivity index (χ3v) is 4.39. The number of rotatable bonds is 12. The number of hydrogen-bond acceptors (Lipinski definition) is 4. The van der Waals surface area contributed by atoms with E-state index in [0.29, 0.717) is 25.7 Å². The molecule has 0 aliphatic carbocycles. The standard InChI is InChI=1S/C20H28O6/c1-15(2)26-19(25)10-13-20(11-8-17(21)22,12-9-18(23)24)14-16-6-4-3-5-7-16/h3-7,15H,8-14H2,1-2H3,(H,21,22)(H,23,24). The summed E-state index contributed by atoms with van der Waals surface area (Å²) in [4.78, 5) is 34.2. The van der Waals surface area contributed by atoms with Crippen molar-refractivity contribution in [1.29, 1.82) is 0 Å². The predicted molar refractivity (Wildman–Crippen MR) is 96.8 cm³/mol. The average Bonchev–Trinajstić information content (AvgIpc) is 2.56. The zero-order chi connectivity index (χ0) is 19.6. The average molecular weight is 364 g/mol. The number of aliphatic carboxylic acids is 2. The highest BCUT2D eigenvalue weighted by Crippen LogP contribution is 2.39. The molecule has 1 rings (SSSR count). The molecule has 0 radical (unpaired) electrons. The van der Waals surface area contributed by atoms with E-state index in [1.54, 1.807) is 13.8 Å². The molecule has 144 valence electrons. The lowest BCUT2D eigenvalue weighted by Gasteiger charge is -2.33. The zero-order valence-corrected chi connectivity index (χ0v) is 15.4. The van der Waals surface area contributed by atoms with Crippen LogP contribution in [-0.4, -0.2) is 34.2 Å². The van der Waals surface area contributed by atoms with E-state index in [4.69, 9.17) is 14.9 Å². The Labute approximate surface area is 154 Å². The van der Waals surface area contributed by atoms with Gasteiger partial charge < -0.3 is 14.9 Å². The molecule has 1 aromatic carbocycles. The van der Waals surface area contributed by atoms with E-state index in [2.05, 4.69) is 0 Å². The number of esters is 1. The van der Waals surface area contributed by atoms with Gasteiger partial charge in [0.25, 0.3) is 0 Å². The summed E-state index contributed by atoms with van der Waals surface area (Å²) in [6.07, 6.45) is 1.36. The molecule has 0 saturated heterocycles. The van der Waals surface area contributed by atoms with Crippen LogP contribution in [0.1, 0.15) is 57.9 Å². The fraction of sp³-hybridized carbons (Fsp3) is 0.550. The van der Waals surface area contributed by atoms with Gasteiger partial charge in [0.1, 0.15) is 0 Å². The molecule has 2 N–H and O–H groups in total. The number of carboxylic acids is 2. The Hall–Kier alpha value is -2.37. The Kier molecular flexibility index (Phi) is 8.82. The molecule has 0 unspecified atom stereocenters. The van der Waals surface area contributed by atoms with Crippen molar-refractivity contribution < 1.29 is 29.3 Å². The predicted octanol–water partition coefficient (Wildman–Crippen LogP) is 3.68.